The third kappa shape index (κ3) is 4.95. The smallest absolute Gasteiger partial charge is 0.191 e. The van der Waals surface area contributed by atoms with Crippen LogP contribution in [0.5, 0.6) is 5.75 Å². The van der Waals surface area contributed by atoms with E-state index in [0.717, 1.165) is 17.4 Å². The zero-order valence-electron chi connectivity index (χ0n) is 17.0. The maximum absolute atomic E-state index is 5.29. The predicted molar refractivity (Wildman–Crippen MR) is 126 cm³/mol. The van der Waals surface area contributed by atoms with Crippen LogP contribution < -0.4 is 15.4 Å². The van der Waals surface area contributed by atoms with Crippen molar-refractivity contribution < 1.29 is 4.74 Å². The number of hydrogen-bond donors (Lipinski definition) is 2. The van der Waals surface area contributed by atoms with Gasteiger partial charge >= 0.3 is 0 Å². The van der Waals surface area contributed by atoms with E-state index in [2.05, 4.69) is 51.9 Å². The van der Waals surface area contributed by atoms with Gasteiger partial charge in [-0.3, -0.25) is 9.67 Å². The van der Waals surface area contributed by atoms with Gasteiger partial charge in [-0.25, -0.2) is 0 Å². The predicted octanol–water partition coefficient (Wildman–Crippen LogP) is 3.68. The Labute approximate surface area is 183 Å². The molecule has 2 aromatic carbocycles. The molecule has 0 saturated heterocycles. The molecule has 28 heavy (non-hydrogen) atoms. The van der Waals surface area contributed by atoms with Gasteiger partial charge in [0.2, 0.25) is 0 Å². The molecule has 3 rings (SSSR count). The van der Waals surface area contributed by atoms with E-state index in [9.17, 15) is 0 Å². The van der Waals surface area contributed by atoms with Crippen LogP contribution in [0.1, 0.15) is 22.5 Å². The molecule has 1 aromatic heterocycles. The summed E-state index contributed by atoms with van der Waals surface area (Å²) in [6, 6.07) is 12.5. The molecule has 0 amide bonds. The summed E-state index contributed by atoms with van der Waals surface area (Å²) in [5.41, 5.74) is 4.62. The standard InChI is InChI=1S/C21H27N5O.HI/c1-14-20(15(2)26(4)25-14)13-24-21(22-3)23-12-16-6-7-18-11-19(27-5)9-8-17(18)10-16;/h6-11H,12-13H2,1-5H3,(H2,22,23,24);1H. The second-order valence-corrected chi connectivity index (χ2v) is 6.60. The second kappa shape index (κ2) is 9.77. The number of guanidine groups is 1. The van der Waals surface area contributed by atoms with Crippen LogP contribution in [0.4, 0.5) is 0 Å². The number of benzene rings is 2. The van der Waals surface area contributed by atoms with Crippen LogP contribution in [-0.2, 0) is 20.1 Å². The Hall–Kier alpha value is -2.29. The van der Waals surface area contributed by atoms with Gasteiger partial charge < -0.3 is 15.4 Å². The lowest BCUT2D eigenvalue weighted by atomic mass is 10.1. The number of rotatable bonds is 5. The molecule has 0 fully saturated rings. The summed E-state index contributed by atoms with van der Waals surface area (Å²) in [7, 11) is 5.44. The van der Waals surface area contributed by atoms with Crippen LogP contribution >= 0.6 is 24.0 Å². The summed E-state index contributed by atoms with van der Waals surface area (Å²) < 4.78 is 7.19. The van der Waals surface area contributed by atoms with Crippen molar-refractivity contribution in [3.05, 3.63) is 58.9 Å². The van der Waals surface area contributed by atoms with Crippen molar-refractivity contribution in [2.45, 2.75) is 26.9 Å². The Kier molecular flexibility index (Phi) is 7.68. The number of aryl methyl sites for hydroxylation is 2. The number of aromatic nitrogens is 2. The highest BCUT2D eigenvalue weighted by Gasteiger charge is 2.09. The van der Waals surface area contributed by atoms with Gasteiger partial charge in [-0.15, -0.1) is 24.0 Å². The van der Waals surface area contributed by atoms with E-state index in [4.69, 9.17) is 4.74 Å². The molecule has 0 aliphatic carbocycles. The lowest BCUT2D eigenvalue weighted by Crippen LogP contribution is -2.36. The molecule has 2 N–H and O–H groups in total. The number of methoxy groups -OCH3 is 1. The molecule has 7 heteroatoms. The fourth-order valence-corrected chi connectivity index (χ4v) is 3.16. The van der Waals surface area contributed by atoms with E-state index in [-0.39, 0.29) is 24.0 Å². The van der Waals surface area contributed by atoms with Crippen molar-refractivity contribution in [2.24, 2.45) is 12.0 Å². The van der Waals surface area contributed by atoms with Gasteiger partial charge in [0.25, 0.3) is 0 Å². The van der Waals surface area contributed by atoms with Crippen molar-refractivity contribution in [3.63, 3.8) is 0 Å². The van der Waals surface area contributed by atoms with Crippen LogP contribution in [-0.4, -0.2) is 29.9 Å². The summed E-state index contributed by atoms with van der Waals surface area (Å²) in [5.74, 6) is 1.64. The van der Waals surface area contributed by atoms with Gasteiger partial charge in [-0.2, -0.15) is 5.10 Å². The normalized spacial score (nSPS) is 11.2. The first-order valence-electron chi connectivity index (χ1n) is 9.02. The third-order valence-corrected chi connectivity index (χ3v) is 4.89. The number of fused-ring (bicyclic) bond motifs is 1. The van der Waals surface area contributed by atoms with E-state index < -0.39 is 0 Å². The molecule has 0 aliphatic rings. The van der Waals surface area contributed by atoms with Gasteiger partial charge in [0.05, 0.1) is 12.8 Å². The topological polar surface area (TPSA) is 63.5 Å². The van der Waals surface area contributed by atoms with Gasteiger partial charge in [0, 0.05) is 38.4 Å². The van der Waals surface area contributed by atoms with Crippen molar-refractivity contribution >= 4 is 40.7 Å². The molecular formula is C21H28IN5O. The van der Waals surface area contributed by atoms with E-state index in [0.29, 0.717) is 13.1 Å². The average Bonchev–Trinajstić information content (AvgIpc) is 2.93. The van der Waals surface area contributed by atoms with Gasteiger partial charge in [-0.05, 0) is 48.4 Å². The monoisotopic (exact) mass is 493 g/mol. The Bertz CT molecular complexity index is 980. The fraction of sp³-hybridized carbons (Fsp3) is 0.333. The summed E-state index contributed by atoms with van der Waals surface area (Å²) in [5, 5.41) is 13.6. The minimum Gasteiger partial charge on any atom is -0.497 e. The summed E-state index contributed by atoms with van der Waals surface area (Å²) in [6.45, 7) is 5.51. The highest BCUT2D eigenvalue weighted by atomic mass is 127. The first-order chi connectivity index (χ1) is 13.0. The highest BCUT2D eigenvalue weighted by molar-refractivity contribution is 14.0. The lowest BCUT2D eigenvalue weighted by Gasteiger charge is -2.13. The molecule has 0 radical (unpaired) electrons. The second-order valence-electron chi connectivity index (χ2n) is 6.60. The Morgan fingerprint density at radius 1 is 1.07 bits per heavy atom. The average molecular weight is 493 g/mol. The zero-order valence-corrected chi connectivity index (χ0v) is 19.4. The number of aliphatic imine (C=N–C) groups is 1. The summed E-state index contributed by atoms with van der Waals surface area (Å²) in [6.07, 6.45) is 0. The molecule has 6 nitrogen and oxygen atoms in total. The maximum atomic E-state index is 5.29. The Balaban J connectivity index is 0.00000280. The van der Waals surface area contributed by atoms with Crippen LogP contribution in [0.15, 0.2) is 41.4 Å². The van der Waals surface area contributed by atoms with Crippen molar-refractivity contribution in [1.29, 1.82) is 0 Å². The number of nitrogens with zero attached hydrogens (tertiary/aromatic N) is 3. The van der Waals surface area contributed by atoms with E-state index in [1.807, 2.05) is 30.8 Å². The van der Waals surface area contributed by atoms with Crippen LogP contribution in [0.3, 0.4) is 0 Å². The van der Waals surface area contributed by atoms with Crippen LogP contribution in [0, 0.1) is 13.8 Å². The van der Waals surface area contributed by atoms with Gasteiger partial charge in [0.15, 0.2) is 5.96 Å². The zero-order chi connectivity index (χ0) is 19.4. The number of nitrogens with one attached hydrogen (secondary N) is 2. The minimum absolute atomic E-state index is 0. The first kappa shape index (κ1) is 22.0. The molecule has 150 valence electrons. The molecule has 0 unspecified atom stereocenters. The lowest BCUT2D eigenvalue weighted by molar-refractivity contribution is 0.415. The highest BCUT2D eigenvalue weighted by Crippen LogP contribution is 2.21. The van der Waals surface area contributed by atoms with Crippen LogP contribution in [0.25, 0.3) is 10.8 Å². The van der Waals surface area contributed by atoms with Gasteiger partial charge in [0.1, 0.15) is 5.75 Å². The van der Waals surface area contributed by atoms with Crippen molar-refractivity contribution in [1.82, 2.24) is 20.4 Å². The van der Waals surface area contributed by atoms with Crippen molar-refractivity contribution in [3.8, 4) is 5.75 Å². The molecule has 0 spiro atoms. The molecule has 0 aliphatic heterocycles. The number of halogens is 1. The molecule has 1 heterocycles. The molecule has 3 aromatic rings. The molecule has 0 atom stereocenters. The minimum atomic E-state index is 0. The van der Waals surface area contributed by atoms with Crippen LogP contribution in [0.2, 0.25) is 0 Å². The fourth-order valence-electron chi connectivity index (χ4n) is 3.16. The summed E-state index contributed by atoms with van der Waals surface area (Å²) in [4.78, 5) is 4.32. The van der Waals surface area contributed by atoms with Crippen molar-refractivity contribution in [2.75, 3.05) is 14.2 Å². The first-order valence-corrected chi connectivity index (χ1v) is 9.02. The van der Waals surface area contributed by atoms with E-state index in [1.165, 1.54) is 27.6 Å². The largest absolute Gasteiger partial charge is 0.497 e. The SMILES string of the molecule is CN=C(NCc1ccc2cc(OC)ccc2c1)NCc1c(C)nn(C)c1C.I. The maximum Gasteiger partial charge on any atom is 0.191 e. The quantitative estimate of drug-likeness (QED) is 0.324. The van der Waals surface area contributed by atoms with E-state index >= 15 is 0 Å². The Morgan fingerprint density at radius 2 is 1.75 bits per heavy atom. The molecule has 0 bridgehead atoms. The number of hydrogen-bond acceptors (Lipinski definition) is 3. The third-order valence-electron chi connectivity index (χ3n) is 4.89. The molecular weight excluding hydrogens is 465 g/mol. The number of ether oxygens (including phenoxy) is 1. The van der Waals surface area contributed by atoms with E-state index in [1.54, 1.807) is 14.2 Å². The molecule has 0 saturated carbocycles. The summed E-state index contributed by atoms with van der Waals surface area (Å²) >= 11 is 0. The van der Waals surface area contributed by atoms with Gasteiger partial charge in [-0.1, -0.05) is 18.2 Å². The Morgan fingerprint density at radius 3 is 2.39 bits per heavy atom.